The lowest BCUT2D eigenvalue weighted by molar-refractivity contribution is 0.0906. The summed E-state index contributed by atoms with van der Waals surface area (Å²) in [5.74, 6) is 0. The Morgan fingerprint density at radius 2 is 2.10 bits per heavy atom. The molecule has 1 atom stereocenters. The number of rotatable bonds is 5. The second-order valence-electron chi connectivity index (χ2n) is 6.38. The average molecular weight is 333 g/mol. The molecule has 1 aliphatic rings. The molecule has 0 spiro atoms. The predicted octanol–water partition coefficient (Wildman–Crippen LogP) is 2.97. The number of nitrogens with zero attached hydrogens (tertiary/aromatic N) is 3. The fourth-order valence-corrected chi connectivity index (χ4v) is 3.93. The van der Waals surface area contributed by atoms with Crippen molar-refractivity contribution in [3.05, 3.63) is 11.1 Å². The normalized spacial score (nSPS) is 21.9. The molecule has 1 aromatic rings. The molecular weight excluding hydrogens is 304 g/mol. The Bertz CT molecular complexity index is 431. The third-order valence-electron chi connectivity index (χ3n) is 4.35. The van der Waals surface area contributed by atoms with E-state index in [0.717, 1.165) is 44.3 Å². The second-order valence-corrected chi connectivity index (χ2v) is 7.47. The summed E-state index contributed by atoms with van der Waals surface area (Å²) in [7, 11) is 0. The maximum Gasteiger partial charge on any atom is 0.185 e. The van der Waals surface area contributed by atoms with Crippen molar-refractivity contribution < 1.29 is 0 Å². The van der Waals surface area contributed by atoms with E-state index in [1.54, 1.807) is 0 Å². The molecule has 1 aromatic heterocycles. The Morgan fingerprint density at radius 1 is 1.43 bits per heavy atom. The Hall–Kier alpha value is -0.360. The fraction of sp³-hybridized carbons (Fsp3) is 0.800. The molecule has 1 saturated heterocycles. The van der Waals surface area contributed by atoms with E-state index in [1.165, 1.54) is 4.88 Å². The summed E-state index contributed by atoms with van der Waals surface area (Å²) in [6.07, 6.45) is 3.13. The molecule has 0 bridgehead atoms. The SMILES string of the molecule is CCN(CC)c1ncc(CN2CCC(N)C(C)(C)C2)s1.Cl. The summed E-state index contributed by atoms with van der Waals surface area (Å²) in [5, 5.41) is 1.15. The topological polar surface area (TPSA) is 45.4 Å². The van der Waals surface area contributed by atoms with Gasteiger partial charge in [-0.05, 0) is 25.7 Å². The summed E-state index contributed by atoms with van der Waals surface area (Å²) in [6.45, 7) is 14.1. The van der Waals surface area contributed by atoms with Crippen LogP contribution in [0.2, 0.25) is 0 Å². The lowest BCUT2D eigenvalue weighted by Gasteiger charge is -2.42. The number of likely N-dealkylation sites (tertiary alicyclic amines) is 1. The molecule has 0 aromatic carbocycles. The van der Waals surface area contributed by atoms with Crippen LogP contribution in [0.25, 0.3) is 0 Å². The smallest absolute Gasteiger partial charge is 0.185 e. The first-order valence-electron chi connectivity index (χ1n) is 7.64. The quantitative estimate of drug-likeness (QED) is 0.900. The molecule has 1 unspecified atom stereocenters. The number of hydrogen-bond donors (Lipinski definition) is 1. The van der Waals surface area contributed by atoms with E-state index in [9.17, 15) is 0 Å². The minimum atomic E-state index is 0. The zero-order valence-corrected chi connectivity index (χ0v) is 15.3. The first kappa shape index (κ1) is 18.7. The van der Waals surface area contributed by atoms with Crippen LogP contribution in [-0.4, -0.2) is 42.1 Å². The van der Waals surface area contributed by atoms with E-state index in [4.69, 9.17) is 5.73 Å². The third-order valence-corrected chi connectivity index (χ3v) is 5.39. The highest BCUT2D eigenvalue weighted by atomic mass is 35.5. The maximum absolute atomic E-state index is 6.20. The zero-order chi connectivity index (χ0) is 14.8. The highest BCUT2D eigenvalue weighted by molar-refractivity contribution is 7.15. The van der Waals surface area contributed by atoms with E-state index in [1.807, 2.05) is 17.5 Å². The Morgan fingerprint density at radius 3 is 2.67 bits per heavy atom. The number of thiazole rings is 1. The Balaban J connectivity index is 0.00000220. The monoisotopic (exact) mass is 332 g/mol. The number of halogens is 1. The summed E-state index contributed by atoms with van der Waals surface area (Å²) in [6, 6.07) is 0.325. The molecule has 6 heteroatoms. The van der Waals surface area contributed by atoms with Gasteiger partial charge in [-0.3, -0.25) is 4.90 Å². The highest BCUT2D eigenvalue weighted by Gasteiger charge is 2.33. The highest BCUT2D eigenvalue weighted by Crippen LogP contribution is 2.30. The minimum absolute atomic E-state index is 0. The van der Waals surface area contributed by atoms with Crippen LogP contribution in [0.1, 0.15) is 39.0 Å². The van der Waals surface area contributed by atoms with Crippen molar-refractivity contribution in [1.82, 2.24) is 9.88 Å². The van der Waals surface area contributed by atoms with Crippen LogP contribution < -0.4 is 10.6 Å². The number of anilines is 1. The molecule has 2 N–H and O–H groups in total. The Kier molecular flexibility index (Phi) is 6.91. The molecule has 2 heterocycles. The van der Waals surface area contributed by atoms with Gasteiger partial charge in [0.15, 0.2) is 5.13 Å². The standard InChI is InChI=1S/C15H28N4S.ClH/c1-5-19(6-2)14-17-9-12(20-14)10-18-8-7-13(16)15(3,4)11-18;/h9,13H,5-8,10-11,16H2,1-4H3;1H. The van der Waals surface area contributed by atoms with Gasteiger partial charge in [0, 0.05) is 49.8 Å². The molecular formula is C15H29ClN4S. The van der Waals surface area contributed by atoms with E-state index in [-0.39, 0.29) is 17.8 Å². The predicted molar refractivity (Wildman–Crippen MR) is 94.6 cm³/mol. The van der Waals surface area contributed by atoms with E-state index < -0.39 is 0 Å². The lowest BCUT2D eigenvalue weighted by atomic mass is 9.80. The van der Waals surface area contributed by atoms with Crippen LogP contribution in [0.3, 0.4) is 0 Å². The molecule has 21 heavy (non-hydrogen) atoms. The summed E-state index contributed by atoms with van der Waals surface area (Å²) >= 11 is 1.83. The van der Waals surface area contributed by atoms with Gasteiger partial charge in [0.25, 0.3) is 0 Å². The lowest BCUT2D eigenvalue weighted by Crippen LogP contribution is -2.51. The van der Waals surface area contributed by atoms with Crippen LogP contribution in [0, 0.1) is 5.41 Å². The molecule has 0 amide bonds. The van der Waals surface area contributed by atoms with E-state index in [2.05, 4.69) is 42.5 Å². The summed E-state index contributed by atoms with van der Waals surface area (Å²) in [5.41, 5.74) is 6.42. The van der Waals surface area contributed by atoms with Crippen LogP contribution in [0.15, 0.2) is 6.20 Å². The van der Waals surface area contributed by atoms with Crippen LogP contribution in [-0.2, 0) is 6.54 Å². The van der Waals surface area contributed by atoms with Gasteiger partial charge in [0.1, 0.15) is 0 Å². The van der Waals surface area contributed by atoms with E-state index in [0.29, 0.717) is 6.04 Å². The minimum Gasteiger partial charge on any atom is -0.349 e. The number of aromatic nitrogens is 1. The van der Waals surface area contributed by atoms with Crippen LogP contribution >= 0.6 is 23.7 Å². The van der Waals surface area contributed by atoms with Gasteiger partial charge in [-0.1, -0.05) is 13.8 Å². The fourth-order valence-electron chi connectivity index (χ4n) is 2.85. The number of piperidine rings is 1. The average Bonchev–Trinajstić information content (AvgIpc) is 2.83. The van der Waals surface area contributed by atoms with Crippen molar-refractivity contribution in [3.63, 3.8) is 0 Å². The van der Waals surface area contributed by atoms with Crippen LogP contribution in [0.4, 0.5) is 5.13 Å². The van der Waals surface area contributed by atoms with Crippen molar-refractivity contribution in [3.8, 4) is 0 Å². The molecule has 0 aliphatic carbocycles. The van der Waals surface area contributed by atoms with Crippen molar-refractivity contribution >= 4 is 28.9 Å². The second kappa shape index (κ2) is 7.77. The van der Waals surface area contributed by atoms with Gasteiger partial charge >= 0.3 is 0 Å². The molecule has 2 rings (SSSR count). The number of nitrogens with two attached hydrogens (primary N) is 1. The van der Waals surface area contributed by atoms with Gasteiger partial charge in [-0.15, -0.1) is 23.7 Å². The van der Waals surface area contributed by atoms with Gasteiger partial charge in [-0.2, -0.15) is 0 Å². The first-order chi connectivity index (χ1) is 9.46. The van der Waals surface area contributed by atoms with Gasteiger partial charge < -0.3 is 10.6 Å². The Labute approximate surface area is 139 Å². The summed E-state index contributed by atoms with van der Waals surface area (Å²) < 4.78 is 0. The van der Waals surface area contributed by atoms with Gasteiger partial charge in [-0.25, -0.2) is 4.98 Å². The zero-order valence-electron chi connectivity index (χ0n) is 13.6. The van der Waals surface area contributed by atoms with Crippen molar-refractivity contribution in [2.45, 2.75) is 46.7 Å². The van der Waals surface area contributed by atoms with Gasteiger partial charge in [0.2, 0.25) is 0 Å². The van der Waals surface area contributed by atoms with Gasteiger partial charge in [0.05, 0.1) is 0 Å². The molecule has 0 radical (unpaired) electrons. The molecule has 1 fully saturated rings. The molecule has 4 nitrogen and oxygen atoms in total. The van der Waals surface area contributed by atoms with Crippen LogP contribution in [0.5, 0.6) is 0 Å². The third kappa shape index (κ3) is 4.55. The largest absolute Gasteiger partial charge is 0.349 e. The maximum atomic E-state index is 6.20. The van der Waals surface area contributed by atoms with Crippen molar-refractivity contribution in [2.75, 3.05) is 31.1 Å². The first-order valence-corrected chi connectivity index (χ1v) is 8.45. The molecule has 1 aliphatic heterocycles. The number of hydrogen-bond acceptors (Lipinski definition) is 5. The van der Waals surface area contributed by atoms with Crippen molar-refractivity contribution in [1.29, 1.82) is 0 Å². The van der Waals surface area contributed by atoms with E-state index >= 15 is 0 Å². The molecule has 122 valence electrons. The summed E-state index contributed by atoms with van der Waals surface area (Å²) in [4.78, 5) is 10.8. The van der Waals surface area contributed by atoms with Crippen molar-refractivity contribution in [2.24, 2.45) is 11.1 Å². The molecule has 0 saturated carbocycles.